The molecule has 5 aliphatic rings. The van der Waals surface area contributed by atoms with Crippen LogP contribution in [-0.2, 0) is 16.0 Å². The highest BCUT2D eigenvalue weighted by atomic mass is 16.2. The van der Waals surface area contributed by atoms with Crippen molar-refractivity contribution in [3.05, 3.63) is 29.8 Å². The molecule has 6 rings (SSSR count). The maximum absolute atomic E-state index is 13.0. The monoisotopic (exact) mass is 380 g/mol. The minimum absolute atomic E-state index is 0.0822. The Morgan fingerprint density at radius 2 is 1.71 bits per heavy atom. The molecule has 150 valence electrons. The second-order valence-electron chi connectivity index (χ2n) is 10.0. The summed E-state index contributed by atoms with van der Waals surface area (Å²) < 4.78 is 0. The molecule has 1 aliphatic heterocycles. The molecule has 4 aliphatic carbocycles. The van der Waals surface area contributed by atoms with E-state index in [1.54, 1.807) is 0 Å². The Balaban J connectivity index is 1.13. The lowest BCUT2D eigenvalue weighted by Gasteiger charge is -2.55. The average Bonchev–Trinajstić information content (AvgIpc) is 2.99. The SMILES string of the molecule is C[C@H]1Cc2ccccc2N1C(=O)CCCNC(=O)C12CC3CC(CC(C3)C1)C2. The van der Waals surface area contributed by atoms with Gasteiger partial charge in [-0.2, -0.15) is 0 Å². The van der Waals surface area contributed by atoms with E-state index in [2.05, 4.69) is 18.3 Å². The number of fused-ring (bicyclic) bond motifs is 1. The molecule has 4 nitrogen and oxygen atoms in total. The highest BCUT2D eigenvalue weighted by Crippen LogP contribution is 2.60. The standard InChI is InChI=1S/C24H32N2O2/c1-16-9-20-5-2-3-6-21(20)26(16)22(27)7-4-8-25-23(28)24-13-17-10-18(14-24)12-19(11-17)15-24/h2-3,5-6,16-19H,4,7-15H2,1H3,(H,25,28)/t16-,17?,18?,19?,24?/m0/s1. The van der Waals surface area contributed by atoms with E-state index in [0.717, 1.165) is 55.5 Å². The second kappa shape index (κ2) is 6.89. The van der Waals surface area contributed by atoms with E-state index in [1.165, 1.54) is 24.8 Å². The summed E-state index contributed by atoms with van der Waals surface area (Å²) in [6.45, 7) is 2.74. The number of para-hydroxylation sites is 1. The van der Waals surface area contributed by atoms with Crippen molar-refractivity contribution in [3.63, 3.8) is 0 Å². The topological polar surface area (TPSA) is 49.4 Å². The molecule has 2 amide bonds. The zero-order valence-corrected chi connectivity index (χ0v) is 17.0. The van der Waals surface area contributed by atoms with Gasteiger partial charge in [0.2, 0.25) is 11.8 Å². The summed E-state index contributed by atoms with van der Waals surface area (Å²) in [5.74, 6) is 2.82. The maximum atomic E-state index is 13.0. The van der Waals surface area contributed by atoms with E-state index in [0.29, 0.717) is 13.0 Å². The Kier molecular flexibility index (Phi) is 4.48. The summed E-state index contributed by atoms with van der Waals surface area (Å²) >= 11 is 0. The van der Waals surface area contributed by atoms with Gasteiger partial charge >= 0.3 is 0 Å². The molecule has 1 atom stereocenters. The van der Waals surface area contributed by atoms with Gasteiger partial charge in [0.1, 0.15) is 0 Å². The third kappa shape index (κ3) is 3.05. The minimum atomic E-state index is -0.0822. The van der Waals surface area contributed by atoms with Gasteiger partial charge in [0, 0.05) is 30.1 Å². The molecule has 1 heterocycles. The number of carbonyl (C=O) groups is 2. The highest BCUT2D eigenvalue weighted by molar-refractivity contribution is 5.96. The van der Waals surface area contributed by atoms with E-state index in [4.69, 9.17) is 0 Å². The molecule has 0 spiro atoms. The fraction of sp³-hybridized carbons (Fsp3) is 0.667. The normalized spacial score (nSPS) is 35.1. The molecule has 28 heavy (non-hydrogen) atoms. The second-order valence-corrected chi connectivity index (χ2v) is 10.0. The summed E-state index contributed by atoms with van der Waals surface area (Å²) in [5, 5.41) is 3.21. The third-order valence-electron chi connectivity index (χ3n) is 7.85. The van der Waals surface area contributed by atoms with Gasteiger partial charge in [0.25, 0.3) is 0 Å². The number of hydrogen-bond donors (Lipinski definition) is 1. The Morgan fingerprint density at radius 3 is 2.39 bits per heavy atom. The number of amides is 2. The molecule has 0 radical (unpaired) electrons. The predicted molar refractivity (Wildman–Crippen MR) is 110 cm³/mol. The van der Waals surface area contributed by atoms with Gasteiger partial charge in [-0.25, -0.2) is 0 Å². The maximum Gasteiger partial charge on any atom is 0.227 e. The van der Waals surface area contributed by atoms with E-state index < -0.39 is 0 Å². The van der Waals surface area contributed by atoms with Crippen LogP contribution in [0.3, 0.4) is 0 Å². The van der Waals surface area contributed by atoms with E-state index >= 15 is 0 Å². The smallest absolute Gasteiger partial charge is 0.227 e. The van der Waals surface area contributed by atoms with Crippen molar-refractivity contribution >= 4 is 17.5 Å². The first-order valence-corrected chi connectivity index (χ1v) is 11.2. The van der Waals surface area contributed by atoms with Gasteiger partial charge in [0.05, 0.1) is 0 Å². The van der Waals surface area contributed by atoms with Crippen molar-refractivity contribution in [1.82, 2.24) is 5.32 Å². The lowest BCUT2D eigenvalue weighted by atomic mass is 9.49. The predicted octanol–water partition coefficient (Wildman–Crippen LogP) is 4.08. The fourth-order valence-corrected chi connectivity index (χ4v) is 7.08. The van der Waals surface area contributed by atoms with Gasteiger partial charge in [-0.05, 0) is 87.7 Å². The zero-order chi connectivity index (χ0) is 19.3. The molecule has 4 fully saturated rings. The van der Waals surface area contributed by atoms with Crippen LogP contribution in [0, 0.1) is 23.2 Å². The Morgan fingerprint density at radius 1 is 1.07 bits per heavy atom. The van der Waals surface area contributed by atoms with Gasteiger partial charge in [-0.3, -0.25) is 9.59 Å². The summed E-state index contributed by atoms with van der Waals surface area (Å²) in [7, 11) is 0. The van der Waals surface area contributed by atoms with Crippen molar-refractivity contribution in [2.24, 2.45) is 23.2 Å². The zero-order valence-electron chi connectivity index (χ0n) is 17.0. The van der Waals surface area contributed by atoms with Gasteiger partial charge < -0.3 is 10.2 Å². The fourth-order valence-electron chi connectivity index (χ4n) is 7.08. The lowest BCUT2D eigenvalue weighted by Crippen LogP contribution is -2.53. The first-order chi connectivity index (χ1) is 13.5. The van der Waals surface area contributed by atoms with Crippen molar-refractivity contribution in [2.75, 3.05) is 11.4 Å². The summed E-state index contributed by atoms with van der Waals surface area (Å²) in [6, 6.07) is 8.44. The lowest BCUT2D eigenvalue weighted by molar-refractivity contribution is -0.146. The number of nitrogens with zero attached hydrogens (tertiary/aromatic N) is 1. The molecular weight excluding hydrogens is 348 g/mol. The van der Waals surface area contributed by atoms with Gasteiger partial charge in [-0.15, -0.1) is 0 Å². The largest absolute Gasteiger partial charge is 0.356 e. The van der Waals surface area contributed by atoms with Crippen molar-refractivity contribution < 1.29 is 9.59 Å². The minimum Gasteiger partial charge on any atom is -0.356 e. The van der Waals surface area contributed by atoms with Crippen LogP contribution in [0.2, 0.25) is 0 Å². The first-order valence-electron chi connectivity index (χ1n) is 11.2. The summed E-state index contributed by atoms with van der Waals surface area (Å²) in [6.07, 6.45) is 9.54. The van der Waals surface area contributed by atoms with Crippen LogP contribution in [-0.4, -0.2) is 24.4 Å². The summed E-state index contributed by atoms with van der Waals surface area (Å²) in [5.41, 5.74) is 2.25. The van der Waals surface area contributed by atoms with E-state index in [-0.39, 0.29) is 23.3 Å². The number of nitrogens with one attached hydrogen (secondary N) is 1. The Labute approximate surface area is 168 Å². The van der Waals surface area contributed by atoms with Crippen LogP contribution >= 0.6 is 0 Å². The molecular formula is C24H32N2O2. The van der Waals surface area contributed by atoms with Crippen LogP contribution in [0.25, 0.3) is 0 Å². The molecule has 4 saturated carbocycles. The van der Waals surface area contributed by atoms with Gasteiger partial charge in [0.15, 0.2) is 0 Å². The van der Waals surface area contributed by atoms with Crippen LogP contribution in [0.1, 0.15) is 63.9 Å². The van der Waals surface area contributed by atoms with Crippen LogP contribution < -0.4 is 10.2 Å². The number of hydrogen-bond acceptors (Lipinski definition) is 2. The number of rotatable bonds is 5. The highest BCUT2D eigenvalue weighted by Gasteiger charge is 2.54. The molecule has 0 saturated heterocycles. The average molecular weight is 381 g/mol. The molecule has 4 heteroatoms. The van der Waals surface area contributed by atoms with Crippen molar-refractivity contribution in [2.45, 2.75) is 70.8 Å². The quantitative estimate of drug-likeness (QED) is 0.783. The van der Waals surface area contributed by atoms with E-state index in [9.17, 15) is 9.59 Å². The first kappa shape index (κ1) is 18.2. The molecule has 0 aromatic heterocycles. The van der Waals surface area contributed by atoms with Gasteiger partial charge in [-0.1, -0.05) is 18.2 Å². The van der Waals surface area contributed by atoms with E-state index in [1.807, 2.05) is 23.1 Å². The Bertz CT molecular complexity index is 751. The van der Waals surface area contributed by atoms with Crippen LogP contribution in [0.5, 0.6) is 0 Å². The molecule has 1 aromatic carbocycles. The van der Waals surface area contributed by atoms with Crippen LogP contribution in [0.4, 0.5) is 5.69 Å². The Hall–Kier alpha value is -1.84. The molecule has 1 aromatic rings. The molecule has 4 bridgehead atoms. The number of benzene rings is 1. The number of anilines is 1. The van der Waals surface area contributed by atoms with Crippen molar-refractivity contribution in [3.8, 4) is 0 Å². The summed E-state index contributed by atoms with van der Waals surface area (Å²) in [4.78, 5) is 27.8. The third-order valence-corrected chi connectivity index (χ3v) is 7.85. The molecule has 0 unspecified atom stereocenters. The van der Waals surface area contributed by atoms with Crippen molar-refractivity contribution in [1.29, 1.82) is 0 Å². The molecule has 1 N–H and O–H groups in total. The number of carbonyl (C=O) groups excluding carboxylic acids is 2. The van der Waals surface area contributed by atoms with Crippen LogP contribution in [0.15, 0.2) is 24.3 Å².